The summed E-state index contributed by atoms with van der Waals surface area (Å²) in [5, 5.41) is 12.2. The molecule has 1 aliphatic rings. The maximum atomic E-state index is 5.99. The highest BCUT2D eigenvalue weighted by Crippen LogP contribution is 2.17. The number of benzene rings is 1. The average molecular weight is 560 g/mol. The molecule has 2 aromatic rings. The molecule has 0 radical (unpaired) electrons. The number of hydrogen-bond donors (Lipinski definition) is 2. The highest BCUT2D eigenvalue weighted by atomic mass is 127. The van der Waals surface area contributed by atoms with Crippen molar-refractivity contribution in [2.75, 3.05) is 40.8 Å². The van der Waals surface area contributed by atoms with Crippen molar-refractivity contribution >= 4 is 41.5 Å². The number of likely N-dealkylation sites (tertiary alicyclic amines) is 1. The number of halogens is 2. The van der Waals surface area contributed by atoms with Crippen molar-refractivity contribution in [3.63, 3.8) is 0 Å². The van der Waals surface area contributed by atoms with Gasteiger partial charge in [-0.25, -0.2) is 0 Å². The highest BCUT2D eigenvalue weighted by molar-refractivity contribution is 14.0. The summed E-state index contributed by atoms with van der Waals surface area (Å²) >= 11 is 5.99. The SMILES string of the molecule is CN=C(NCC(c1cnn(C)c1)N(C)C)NC1CCN(Cc2ccc(Cl)cc2)CC1.I. The first-order valence-electron chi connectivity index (χ1n) is 10.5. The molecule has 9 heteroatoms. The smallest absolute Gasteiger partial charge is 0.191 e. The Bertz CT molecular complexity index is 814. The van der Waals surface area contributed by atoms with Crippen molar-refractivity contribution in [1.82, 2.24) is 30.2 Å². The monoisotopic (exact) mass is 559 g/mol. The molecule has 1 saturated heterocycles. The van der Waals surface area contributed by atoms with E-state index in [2.05, 4.69) is 62.9 Å². The van der Waals surface area contributed by atoms with Crippen molar-refractivity contribution in [3.8, 4) is 0 Å². The van der Waals surface area contributed by atoms with E-state index < -0.39 is 0 Å². The lowest BCUT2D eigenvalue weighted by molar-refractivity contribution is 0.198. The molecule has 0 bridgehead atoms. The van der Waals surface area contributed by atoms with Crippen molar-refractivity contribution in [2.24, 2.45) is 12.0 Å². The fourth-order valence-corrected chi connectivity index (χ4v) is 4.00. The molecule has 31 heavy (non-hydrogen) atoms. The summed E-state index contributed by atoms with van der Waals surface area (Å²) in [6.07, 6.45) is 6.21. The quantitative estimate of drug-likeness (QED) is 0.310. The molecule has 3 rings (SSSR count). The lowest BCUT2D eigenvalue weighted by Gasteiger charge is -2.33. The van der Waals surface area contributed by atoms with Gasteiger partial charge in [0, 0.05) is 63.1 Å². The van der Waals surface area contributed by atoms with Crippen LogP contribution in [0.4, 0.5) is 0 Å². The number of aliphatic imine (C=N–C) groups is 1. The second-order valence-corrected chi connectivity index (χ2v) is 8.64. The number of hydrogen-bond acceptors (Lipinski definition) is 4. The summed E-state index contributed by atoms with van der Waals surface area (Å²) in [6, 6.07) is 8.83. The molecule has 1 atom stereocenters. The third-order valence-corrected chi connectivity index (χ3v) is 5.92. The maximum Gasteiger partial charge on any atom is 0.191 e. The van der Waals surface area contributed by atoms with Crippen LogP contribution < -0.4 is 10.6 Å². The second-order valence-electron chi connectivity index (χ2n) is 8.20. The molecular weight excluding hydrogens is 525 g/mol. The van der Waals surface area contributed by atoms with E-state index >= 15 is 0 Å². The first-order valence-corrected chi connectivity index (χ1v) is 10.9. The summed E-state index contributed by atoms with van der Waals surface area (Å²) in [7, 11) is 7.96. The summed E-state index contributed by atoms with van der Waals surface area (Å²) in [5.41, 5.74) is 2.51. The molecule has 7 nitrogen and oxygen atoms in total. The van der Waals surface area contributed by atoms with E-state index in [9.17, 15) is 0 Å². The van der Waals surface area contributed by atoms with Crippen LogP contribution in [0.1, 0.15) is 30.0 Å². The van der Waals surface area contributed by atoms with Crippen LogP contribution in [0.2, 0.25) is 5.02 Å². The van der Waals surface area contributed by atoms with Crippen LogP contribution in [0.5, 0.6) is 0 Å². The molecule has 0 saturated carbocycles. The Balaban J connectivity index is 0.00000341. The van der Waals surface area contributed by atoms with E-state index in [1.165, 1.54) is 11.1 Å². The van der Waals surface area contributed by atoms with Crippen LogP contribution >= 0.6 is 35.6 Å². The minimum Gasteiger partial charge on any atom is -0.354 e. The van der Waals surface area contributed by atoms with Crippen LogP contribution in [-0.2, 0) is 13.6 Å². The molecule has 0 amide bonds. The van der Waals surface area contributed by atoms with Crippen LogP contribution in [0.25, 0.3) is 0 Å². The van der Waals surface area contributed by atoms with E-state index in [1.807, 2.05) is 37.1 Å². The van der Waals surface area contributed by atoms with Gasteiger partial charge in [-0.05, 0) is 44.6 Å². The number of guanidine groups is 1. The number of aromatic nitrogens is 2. The predicted molar refractivity (Wildman–Crippen MR) is 139 cm³/mol. The van der Waals surface area contributed by atoms with Gasteiger partial charge in [-0.2, -0.15) is 5.10 Å². The first-order chi connectivity index (χ1) is 14.4. The summed E-state index contributed by atoms with van der Waals surface area (Å²) in [4.78, 5) is 9.14. The van der Waals surface area contributed by atoms with Gasteiger partial charge in [0.05, 0.1) is 12.2 Å². The molecule has 1 unspecified atom stereocenters. The van der Waals surface area contributed by atoms with Gasteiger partial charge in [0.15, 0.2) is 5.96 Å². The lowest BCUT2D eigenvalue weighted by Crippen LogP contribution is -2.49. The summed E-state index contributed by atoms with van der Waals surface area (Å²) in [6.45, 7) is 3.90. The molecular formula is C22H35ClIN7. The van der Waals surface area contributed by atoms with Crippen molar-refractivity contribution in [2.45, 2.75) is 31.5 Å². The fraction of sp³-hybridized carbons (Fsp3) is 0.545. The van der Waals surface area contributed by atoms with Gasteiger partial charge in [-0.3, -0.25) is 14.6 Å². The second kappa shape index (κ2) is 12.6. The Labute approximate surface area is 208 Å². The van der Waals surface area contributed by atoms with Gasteiger partial charge in [0.2, 0.25) is 0 Å². The number of piperidine rings is 1. The Morgan fingerprint density at radius 1 is 1.26 bits per heavy atom. The Kier molecular flexibility index (Phi) is 10.5. The van der Waals surface area contributed by atoms with Crippen LogP contribution in [0.3, 0.4) is 0 Å². The van der Waals surface area contributed by atoms with E-state index in [-0.39, 0.29) is 30.0 Å². The van der Waals surface area contributed by atoms with Crippen molar-refractivity contribution in [1.29, 1.82) is 0 Å². The molecule has 1 aliphatic heterocycles. The zero-order valence-corrected chi connectivity index (χ0v) is 22.0. The topological polar surface area (TPSA) is 60.7 Å². The minimum atomic E-state index is 0. The molecule has 2 heterocycles. The van der Waals surface area contributed by atoms with Gasteiger partial charge in [0.1, 0.15) is 0 Å². The minimum absolute atomic E-state index is 0. The van der Waals surface area contributed by atoms with Gasteiger partial charge in [-0.1, -0.05) is 23.7 Å². The van der Waals surface area contributed by atoms with Crippen LogP contribution in [-0.4, -0.2) is 72.4 Å². The molecule has 1 aromatic carbocycles. The molecule has 0 spiro atoms. The molecule has 172 valence electrons. The number of nitrogens with zero attached hydrogens (tertiary/aromatic N) is 5. The predicted octanol–water partition coefficient (Wildman–Crippen LogP) is 3.12. The van der Waals surface area contributed by atoms with Gasteiger partial charge in [-0.15, -0.1) is 24.0 Å². The van der Waals surface area contributed by atoms with E-state index in [0.29, 0.717) is 6.04 Å². The van der Waals surface area contributed by atoms with Crippen LogP contribution in [0, 0.1) is 0 Å². The maximum absolute atomic E-state index is 5.99. The van der Waals surface area contributed by atoms with Crippen molar-refractivity contribution < 1.29 is 0 Å². The third kappa shape index (κ3) is 7.93. The van der Waals surface area contributed by atoms with E-state index in [4.69, 9.17) is 11.6 Å². The number of nitrogens with one attached hydrogen (secondary N) is 2. The van der Waals surface area contributed by atoms with Gasteiger partial charge in [0.25, 0.3) is 0 Å². The zero-order valence-electron chi connectivity index (χ0n) is 18.9. The van der Waals surface area contributed by atoms with Crippen molar-refractivity contribution in [3.05, 3.63) is 52.8 Å². The number of aryl methyl sites for hydroxylation is 1. The Morgan fingerprint density at radius 2 is 1.94 bits per heavy atom. The standard InChI is InChI=1S/C22H34ClN7.HI/c1-24-22(25-14-21(28(2)3)18-13-26-29(4)16-18)27-20-9-11-30(12-10-20)15-17-5-7-19(23)8-6-17;/h5-8,13,16,20-21H,9-12,14-15H2,1-4H3,(H2,24,25,27);1H. The molecule has 0 aliphatic carbocycles. The summed E-state index contributed by atoms with van der Waals surface area (Å²) in [5.74, 6) is 0.863. The third-order valence-electron chi connectivity index (χ3n) is 5.67. The zero-order chi connectivity index (χ0) is 21.5. The Hall–Kier alpha value is -1.36. The molecule has 1 fully saturated rings. The average Bonchev–Trinajstić information content (AvgIpc) is 3.16. The molecule has 2 N–H and O–H groups in total. The lowest BCUT2D eigenvalue weighted by atomic mass is 10.0. The van der Waals surface area contributed by atoms with E-state index in [0.717, 1.165) is 50.0 Å². The largest absolute Gasteiger partial charge is 0.354 e. The summed E-state index contributed by atoms with van der Waals surface area (Å²) < 4.78 is 1.84. The fourth-order valence-electron chi connectivity index (χ4n) is 3.88. The number of likely N-dealkylation sites (N-methyl/N-ethyl adjacent to an activating group) is 1. The van der Waals surface area contributed by atoms with Gasteiger partial charge >= 0.3 is 0 Å². The molecule has 1 aromatic heterocycles. The first kappa shape index (κ1) is 25.9. The van der Waals surface area contributed by atoms with Crippen LogP contribution in [0.15, 0.2) is 41.7 Å². The number of rotatable bonds is 7. The highest BCUT2D eigenvalue weighted by Gasteiger charge is 2.21. The Morgan fingerprint density at radius 3 is 2.48 bits per heavy atom. The van der Waals surface area contributed by atoms with Gasteiger partial charge < -0.3 is 15.5 Å². The normalized spacial score (nSPS) is 16.8. The van der Waals surface area contributed by atoms with E-state index in [1.54, 1.807) is 0 Å².